The summed E-state index contributed by atoms with van der Waals surface area (Å²) < 4.78 is 34.5. The smallest absolute Gasteiger partial charge is 0.312 e. The van der Waals surface area contributed by atoms with E-state index in [-0.39, 0.29) is 16.3 Å². The number of carbonyl (C=O) groups is 2. The highest BCUT2D eigenvalue weighted by molar-refractivity contribution is 7.93. The fourth-order valence-corrected chi connectivity index (χ4v) is 4.41. The quantitative estimate of drug-likeness (QED) is 0.426. The van der Waals surface area contributed by atoms with Gasteiger partial charge in [-0.25, -0.2) is 13.2 Å². The Bertz CT molecular complexity index is 1070. The zero-order chi connectivity index (χ0) is 23.9. The van der Waals surface area contributed by atoms with E-state index in [1.54, 1.807) is 36.4 Å². The first-order chi connectivity index (χ1) is 15.1. The number of rotatable bonds is 10. The van der Waals surface area contributed by atoms with Crippen molar-refractivity contribution in [2.45, 2.75) is 31.7 Å². The van der Waals surface area contributed by atoms with E-state index in [1.807, 2.05) is 18.7 Å². The van der Waals surface area contributed by atoms with Gasteiger partial charge in [-0.3, -0.25) is 9.52 Å². The summed E-state index contributed by atoms with van der Waals surface area (Å²) in [7, 11) is -2.60. The molecule has 0 aliphatic carbocycles. The van der Waals surface area contributed by atoms with E-state index in [4.69, 9.17) is 10.5 Å². The normalized spacial score (nSPS) is 11.9. The van der Waals surface area contributed by atoms with Gasteiger partial charge in [0, 0.05) is 18.8 Å². The van der Waals surface area contributed by atoms with Crippen molar-refractivity contribution in [3.05, 3.63) is 42.5 Å². The number of hydrogen-bond acceptors (Lipinski definition) is 6. The first-order valence-electron chi connectivity index (χ1n) is 10.0. The molecule has 11 heteroatoms. The van der Waals surface area contributed by atoms with E-state index < -0.39 is 28.0 Å². The second-order valence-corrected chi connectivity index (χ2v) is 8.53. The number of ether oxygens (including phenoxy) is 1. The molecular weight excluding hydrogens is 434 g/mol. The van der Waals surface area contributed by atoms with Gasteiger partial charge in [0.2, 0.25) is 5.91 Å². The highest BCUT2D eigenvalue weighted by atomic mass is 32.2. The molecule has 32 heavy (non-hydrogen) atoms. The third-order valence-corrected chi connectivity index (χ3v) is 6.12. The number of sulfonamides is 1. The van der Waals surface area contributed by atoms with Crippen LogP contribution in [0.1, 0.15) is 20.8 Å². The lowest BCUT2D eigenvalue weighted by Gasteiger charge is -2.25. The average Bonchev–Trinajstić information content (AvgIpc) is 2.75. The molecule has 1 unspecified atom stereocenters. The van der Waals surface area contributed by atoms with Crippen LogP contribution in [0.2, 0.25) is 0 Å². The molecule has 0 aromatic heterocycles. The third kappa shape index (κ3) is 6.03. The first-order valence-corrected chi connectivity index (χ1v) is 11.5. The summed E-state index contributed by atoms with van der Waals surface area (Å²) in [6.07, 6.45) is 0. The van der Waals surface area contributed by atoms with Crippen LogP contribution in [0.4, 0.5) is 21.9 Å². The van der Waals surface area contributed by atoms with Gasteiger partial charge in [0.05, 0.1) is 18.5 Å². The van der Waals surface area contributed by atoms with Crippen LogP contribution in [0, 0.1) is 0 Å². The number of carbonyl (C=O) groups excluding carboxylic acids is 2. The summed E-state index contributed by atoms with van der Waals surface area (Å²) in [4.78, 5) is 25.2. The van der Waals surface area contributed by atoms with E-state index in [2.05, 4.69) is 15.4 Å². The summed E-state index contributed by atoms with van der Waals surface area (Å²) >= 11 is 0. The second-order valence-electron chi connectivity index (χ2n) is 6.88. The molecular formula is C21H29N5O5S. The van der Waals surface area contributed by atoms with Crippen molar-refractivity contribution in [3.8, 4) is 5.75 Å². The predicted molar refractivity (Wildman–Crippen MR) is 125 cm³/mol. The van der Waals surface area contributed by atoms with Gasteiger partial charge in [-0.15, -0.1) is 0 Å². The van der Waals surface area contributed by atoms with Crippen LogP contribution in [0.15, 0.2) is 47.4 Å². The Kier molecular flexibility index (Phi) is 8.30. The van der Waals surface area contributed by atoms with E-state index in [0.29, 0.717) is 24.5 Å². The van der Waals surface area contributed by atoms with Crippen LogP contribution in [0.5, 0.6) is 5.75 Å². The Morgan fingerprint density at radius 3 is 2.38 bits per heavy atom. The minimum atomic E-state index is -4.05. The summed E-state index contributed by atoms with van der Waals surface area (Å²) in [5.74, 6) is -0.170. The van der Waals surface area contributed by atoms with Crippen LogP contribution >= 0.6 is 0 Å². The number of methoxy groups -OCH3 is 1. The van der Waals surface area contributed by atoms with E-state index >= 15 is 0 Å². The second kappa shape index (κ2) is 10.7. The lowest BCUT2D eigenvalue weighted by molar-refractivity contribution is -0.117. The maximum absolute atomic E-state index is 13.4. The molecule has 174 valence electrons. The number of nitrogens with one attached hydrogen (secondary N) is 3. The molecule has 0 heterocycles. The molecule has 0 fully saturated rings. The fraction of sp³-hybridized carbons (Fsp3) is 0.333. The Hall–Kier alpha value is -3.47. The molecule has 0 spiro atoms. The summed E-state index contributed by atoms with van der Waals surface area (Å²) in [5, 5.41) is 4.88. The van der Waals surface area contributed by atoms with Gasteiger partial charge in [0.1, 0.15) is 16.7 Å². The average molecular weight is 464 g/mol. The number of amides is 3. The van der Waals surface area contributed by atoms with Crippen molar-refractivity contribution < 1.29 is 22.7 Å². The summed E-state index contributed by atoms with van der Waals surface area (Å²) in [6, 6.07) is 9.53. The van der Waals surface area contributed by atoms with Crippen LogP contribution in [0.3, 0.4) is 0 Å². The molecule has 5 N–H and O–H groups in total. The Morgan fingerprint density at radius 1 is 1.12 bits per heavy atom. The van der Waals surface area contributed by atoms with Gasteiger partial charge in [0.25, 0.3) is 10.0 Å². The number of nitrogens with two attached hydrogens (primary N) is 1. The molecule has 0 aliphatic rings. The Balaban J connectivity index is 2.48. The minimum absolute atomic E-state index is 0.0135. The summed E-state index contributed by atoms with van der Waals surface area (Å²) in [5.41, 5.74) is 6.08. The van der Waals surface area contributed by atoms with Crippen molar-refractivity contribution in [2.75, 3.05) is 35.1 Å². The van der Waals surface area contributed by atoms with Gasteiger partial charge in [0.15, 0.2) is 0 Å². The van der Waals surface area contributed by atoms with E-state index in [0.717, 1.165) is 0 Å². The monoisotopic (exact) mass is 463 g/mol. The van der Waals surface area contributed by atoms with Gasteiger partial charge in [-0.05, 0) is 51.1 Å². The molecule has 2 rings (SSSR count). The SMILES string of the molecule is CCN(CC)c1ccc(NC(=O)C(C)NC(N)=O)cc1S(=O)(=O)Nc1ccccc1OC. The molecule has 0 radical (unpaired) electrons. The molecule has 2 aromatic rings. The zero-order valence-corrected chi connectivity index (χ0v) is 19.3. The van der Waals surface area contributed by atoms with Crippen molar-refractivity contribution >= 4 is 39.0 Å². The highest BCUT2D eigenvalue weighted by Gasteiger charge is 2.24. The minimum Gasteiger partial charge on any atom is -0.495 e. The number of benzene rings is 2. The number of anilines is 3. The number of primary amides is 1. The third-order valence-electron chi connectivity index (χ3n) is 4.72. The lowest BCUT2D eigenvalue weighted by Crippen LogP contribution is -2.44. The van der Waals surface area contributed by atoms with Gasteiger partial charge in [-0.1, -0.05) is 12.1 Å². The van der Waals surface area contributed by atoms with Crippen molar-refractivity contribution in [1.29, 1.82) is 0 Å². The molecule has 1 atom stereocenters. The number of hydrogen-bond donors (Lipinski definition) is 4. The Labute approximate surface area is 188 Å². The van der Waals surface area contributed by atoms with Gasteiger partial charge < -0.3 is 26.0 Å². The highest BCUT2D eigenvalue weighted by Crippen LogP contribution is 2.32. The molecule has 3 amide bonds. The van der Waals surface area contributed by atoms with E-state index in [9.17, 15) is 18.0 Å². The Morgan fingerprint density at radius 2 is 1.78 bits per heavy atom. The maximum Gasteiger partial charge on any atom is 0.312 e. The molecule has 10 nitrogen and oxygen atoms in total. The number of nitrogens with zero attached hydrogens (tertiary/aromatic N) is 1. The lowest BCUT2D eigenvalue weighted by atomic mass is 10.2. The van der Waals surface area contributed by atoms with Crippen LogP contribution in [0.25, 0.3) is 0 Å². The largest absolute Gasteiger partial charge is 0.495 e. The standard InChI is InChI=1S/C21H29N5O5S/c1-5-26(6-2)17-12-11-15(24-20(27)14(3)23-21(22)28)13-19(17)32(29,30)25-16-9-7-8-10-18(16)31-4/h7-14,25H,5-6H2,1-4H3,(H,24,27)(H3,22,23,28). The number of para-hydroxylation sites is 2. The topological polar surface area (TPSA) is 143 Å². The van der Waals surface area contributed by atoms with Crippen molar-refractivity contribution in [1.82, 2.24) is 5.32 Å². The molecule has 2 aromatic carbocycles. The zero-order valence-electron chi connectivity index (χ0n) is 18.5. The van der Waals surface area contributed by atoms with Gasteiger partial charge >= 0.3 is 6.03 Å². The molecule has 0 bridgehead atoms. The van der Waals surface area contributed by atoms with Crippen LogP contribution in [-0.2, 0) is 14.8 Å². The fourth-order valence-electron chi connectivity index (χ4n) is 3.09. The van der Waals surface area contributed by atoms with E-state index in [1.165, 1.54) is 20.1 Å². The number of urea groups is 1. The summed E-state index contributed by atoms with van der Waals surface area (Å²) in [6.45, 7) is 6.46. The maximum atomic E-state index is 13.4. The molecule has 0 aliphatic heterocycles. The van der Waals surface area contributed by atoms with Gasteiger partial charge in [-0.2, -0.15) is 0 Å². The first kappa shape index (κ1) is 24.8. The molecule has 0 saturated carbocycles. The molecule has 0 saturated heterocycles. The van der Waals surface area contributed by atoms with Crippen LogP contribution < -0.4 is 30.7 Å². The predicted octanol–water partition coefficient (Wildman–Crippen LogP) is 2.34. The van der Waals surface area contributed by atoms with Crippen molar-refractivity contribution in [2.24, 2.45) is 5.73 Å². The van der Waals surface area contributed by atoms with Crippen molar-refractivity contribution in [3.63, 3.8) is 0 Å². The van der Waals surface area contributed by atoms with Crippen LogP contribution in [-0.4, -0.2) is 46.6 Å².